The lowest BCUT2D eigenvalue weighted by Gasteiger charge is -2.10. The van der Waals surface area contributed by atoms with Gasteiger partial charge in [-0.3, -0.25) is 4.79 Å². The predicted octanol–water partition coefficient (Wildman–Crippen LogP) is 1.79. The highest BCUT2D eigenvalue weighted by Crippen LogP contribution is 2.25. The number of nitrogens with one attached hydrogen (secondary N) is 1. The number of aromatic nitrogens is 4. The summed E-state index contributed by atoms with van der Waals surface area (Å²) in [4.78, 5) is 25.1. The van der Waals surface area contributed by atoms with Crippen LogP contribution < -0.4 is 5.32 Å². The summed E-state index contributed by atoms with van der Waals surface area (Å²) in [5, 5.41) is 2.91. The zero-order chi connectivity index (χ0) is 16.8. The molecule has 0 bridgehead atoms. The predicted molar refractivity (Wildman–Crippen MR) is 88.0 cm³/mol. The highest BCUT2D eigenvalue weighted by Gasteiger charge is 2.20. The maximum atomic E-state index is 12.0. The van der Waals surface area contributed by atoms with Gasteiger partial charge in [-0.2, -0.15) is 0 Å². The third kappa shape index (κ3) is 4.17. The molecule has 1 amide bonds. The summed E-state index contributed by atoms with van der Waals surface area (Å²) in [6, 6.07) is 1.82. The molecule has 0 aromatic carbocycles. The molecule has 0 spiro atoms. The minimum absolute atomic E-state index is 0.00281. The Kier molecular flexibility index (Phi) is 5.53. The van der Waals surface area contributed by atoms with E-state index >= 15 is 0 Å². The van der Waals surface area contributed by atoms with Crippen molar-refractivity contribution in [2.45, 2.75) is 51.8 Å². The number of carbonyl (C=O) groups excluding carboxylic acids is 1. The summed E-state index contributed by atoms with van der Waals surface area (Å²) >= 11 is 0. The lowest BCUT2D eigenvalue weighted by Crippen LogP contribution is -2.25. The highest BCUT2D eigenvalue weighted by atomic mass is 16.5. The van der Waals surface area contributed by atoms with Crippen molar-refractivity contribution in [3.8, 4) is 0 Å². The molecule has 1 atom stereocenters. The molecule has 1 N–H and O–H groups in total. The van der Waals surface area contributed by atoms with Crippen molar-refractivity contribution in [3.05, 3.63) is 42.0 Å². The van der Waals surface area contributed by atoms with Gasteiger partial charge in [-0.15, -0.1) is 0 Å². The van der Waals surface area contributed by atoms with Gasteiger partial charge in [0, 0.05) is 44.6 Å². The molecule has 7 nitrogen and oxygen atoms in total. The minimum atomic E-state index is -0.00522. The molecule has 2 aromatic rings. The number of amides is 1. The van der Waals surface area contributed by atoms with Crippen molar-refractivity contribution in [1.29, 1.82) is 0 Å². The van der Waals surface area contributed by atoms with E-state index in [1.807, 2.05) is 16.8 Å². The van der Waals surface area contributed by atoms with Gasteiger partial charge < -0.3 is 14.6 Å². The highest BCUT2D eigenvalue weighted by molar-refractivity contribution is 5.75. The lowest BCUT2D eigenvalue weighted by atomic mass is 10.2. The van der Waals surface area contributed by atoms with Gasteiger partial charge in [0.05, 0.1) is 12.2 Å². The Morgan fingerprint density at radius 3 is 3.12 bits per heavy atom. The van der Waals surface area contributed by atoms with Crippen LogP contribution in [0.25, 0.3) is 0 Å². The number of hydrogen-bond acceptors (Lipinski definition) is 5. The lowest BCUT2D eigenvalue weighted by molar-refractivity contribution is -0.121. The van der Waals surface area contributed by atoms with Gasteiger partial charge >= 0.3 is 0 Å². The van der Waals surface area contributed by atoms with Gasteiger partial charge in [0.2, 0.25) is 5.91 Å². The fourth-order valence-corrected chi connectivity index (χ4v) is 2.81. The zero-order valence-corrected chi connectivity index (χ0v) is 13.9. The Morgan fingerprint density at radius 2 is 2.33 bits per heavy atom. The largest absolute Gasteiger partial charge is 0.370 e. The van der Waals surface area contributed by atoms with E-state index in [1.165, 1.54) is 0 Å². The molecule has 0 radical (unpaired) electrons. The van der Waals surface area contributed by atoms with Crippen LogP contribution in [0.3, 0.4) is 0 Å². The first kappa shape index (κ1) is 16.6. The van der Waals surface area contributed by atoms with E-state index in [1.54, 1.807) is 12.4 Å². The second-order valence-corrected chi connectivity index (χ2v) is 5.82. The van der Waals surface area contributed by atoms with Crippen LogP contribution in [0, 0.1) is 0 Å². The summed E-state index contributed by atoms with van der Waals surface area (Å²) in [7, 11) is 0. The summed E-state index contributed by atoms with van der Waals surface area (Å²) in [6.45, 7) is 3.87. The van der Waals surface area contributed by atoms with Gasteiger partial charge in [-0.25, -0.2) is 15.0 Å². The molecule has 1 saturated heterocycles. The van der Waals surface area contributed by atoms with Crippen molar-refractivity contribution >= 4 is 5.91 Å². The third-order valence-electron chi connectivity index (χ3n) is 4.11. The average molecular weight is 329 g/mol. The molecular formula is C17H23N5O2. The molecular weight excluding hydrogens is 306 g/mol. The molecule has 1 aliphatic rings. The Labute approximate surface area is 141 Å². The normalized spacial score (nSPS) is 17.1. The van der Waals surface area contributed by atoms with Crippen molar-refractivity contribution < 1.29 is 9.53 Å². The van der Waals surface area contributed by atoms with Gasteiger partial charge in [0.15, 0.2) is 5.82 Å². The maximum Gasteiger partial charge on any atom is 0.222 e. The molecule has 1 fully saturated rings. The average Bonchev–Trinajstić information content (AvgIpc) is 3.29. The summed E-state index contributed by atoms with van der Waals surface area (Å²) < 4.78 is 7.61. The number of rotatable bonds is 7. The molecule has 3 heterocycles. The van der Waals surface area contributed by atoms with Gasteiger partial charge in [0.25, 0.3) is 0 Å². The monoisotopic (exact) mass is 329 g/mol. The number of hydrogen-bond donors (Lipinski definition) is 1. The Balaban J connectivity index is 1.48. The smallest absolute Gasteiger partial charge is 0.222 e. The molecule has 24 heavy (non-hydrogen) atoms. The molecule has 128 valence electrons. The first-order valence-electron chi connectivity index (χ1n) is 8.46. The summed E-state index contributed by atoms with van der Waals surface area (Å²) in [5.74, 6) is 1.72. The van der Waals surface area contributed by atoms with Gasteiger partial charge in [-0.1, -0.05) is 6.92 Å². The summed E-state index contributed by atoms with van der Waals surface area (Å²) in [6.07, 6.45) is 8.69. The fraction of sp³-hybridized carbons (Fsp3) is 0.529. The quantitative estimate of drug-likeness (QED) is 0.837. The van der Waals surface area contributed by atoms with E-state index < -0.39 is 0 Å². The minimum Gasteiger partial charge on any atom is -0.370 e. The van der Waals surface area contributed by atoms with E-state index in [4.69, 9.17) is 4.74 Å². The molecule has 1 aliphatic heterocycles. The number of imidazole rings is 1. The topological polar surface area (TPSA) is 81.9 Å². The molecule has 0 unspecified atom stereocenters. The number of carbonyl (C=O) groups is 1. The summed E-state index contributed by atoms with van der Waals surface area (Å²) in [5.41, 5.74) is 0.806. The van der Waals surface area contributed by atoms with Crippen molar-refractivity contribution in [2.75, 3.05) is 6.61 Å². The van der Waals surface area contributed by atoms with Crippen LogP contribution >= 0.6 is 0 Å². The molecule has 7 heteroatoms. The van der Waals surface area contributed by atoms with E-state index in [-0.39, 0.29) is 12.0 Å². The van der Waals surface area contributed by atoms with E-state index in [2.05, 4.69) is 27.2 Å². The first-order valence-corrected chi connectivity index (χ1v) is 8.46. The van der Waals surface area contributed by atoms with Crippen LogP contribution in [-0.2, 0) is 29.0 Å². The van der Waals surface area contributed by atoms with E-state index in [0.29, 0.717) is 25.3 Å². The Hall–Kier alpha value is -2.28. The molecule has 2 aromatic heterocycles. The van der Waals surface area contributed by atoms with Crippen LogP contribution in [0.5, 0.6) is 0 Å². The number of nitrogens with zero attached hydrogens (tertiary/aromatic N) is 4. The second kappa shape index (κ2) is 8.01. The second-order valence-electron chi connectivity index (χ2n) is 5.82. The Bertz CT molecular complexity index is 679. The fourth-order valence-electron chi connectivity index (χ4n) is 2.81. The molecule has 0 aliphatic carbocycles. The van der Waals surface area contributed by atoms with Crippen LogP contribution in [-0.4, -0.2) is 32.0 Å². The third-order valence-corrected chi connectivity index (χ3v) is 4.11. The Morgan fingerprint density at radius 1 is 1.42 bits per heavy atom. The van der Waals surface area contributed by atoms with Crippen LogP contribution in [0.4, 0.5) is 0 Å². The SMILES string of the molecule is CCc1nccn1CCC(=O)NCc1ccnc([C@@H]2CCCO2)n1. The zero-order valence-electron chi connectivity index (χ0n) is 13.9. The van der Waals surface area contributed by atoms with Gasteiger partial charge in [-0.05, 0) is 18.9 Å². The van der Waals surface area contributed by atoms with Crippen LogP contribution in [0.2, 0.25) is 0 Å². The first-order chi connectivity index (χ1) is 11.8. The van der Waals surface area contributed by atoms with Crippen LogP contribution in [0.1, 0.15) is 49.6 Å². The van der Waals surface area contributed by atoms with Crippen molar-refractivity contribution in [3.63, 3.8) is 0 Å². The van der Waals surface area contributed by atoms with Crippen molar-refractivity contribution in [2.24, 2.45) is 0 Å². The molecule has 3 rings (SSSR count). The molecule has 0 saturated carbocycles. The van der Waals surface area contributed by atoms with Crippen molar-refractivity contribution in [1.82, 2.24) is 24.8 Å². The van der Waals surface area contributed by atoms with E-state index in [0.717, 1.165) is 37.4 Å². The maximum absolute atomic E-state index is 12.0. The number of aryl methyl sites for hydroxylation is 2. The van der Waals surface area contributed by atoms with E-state index in [9.17, 15) is 4.79 Å². The standard InChI is InChI=1S/C17H23N5O2/c1-2-15-18-8-10-22(15)9-6-16(23)20-12-13-5-7-19-17(21-13)14-4-3-11-24-14/h5,7-8,10,14H,2-4,6,9,11-12H2,1H3,(H,20,23)/t14-/m0/s1. The van der Waals surface area contributed by atoms with Gasteiger partial charge in [0.1, 0.15) is 11.9 Å². The van der Waals surface area contributed by atoms with Crippen LogP contribution in [0.15, 0.2) is 24.7 Å². The number of ether oxygens (including phenoxy) is 1.